The van der Waals surface area contributed by atoms with Crippen molar-refractivity contribution in [2.45, 2.75) is 23.1 Å². The quantitative estimate of drug-likeness (QED) is 0.268. The number of amides is 3. The number of halogens is 2. The first-order valence-corrected chi connectivity index (χ1v) is 15.0. The predicted octanol–water partition coefficient (Wildman–Crippen LogP) is 5.46. The van der Waals surface area contributed by atoms with Crippen LogP contribution in [-0.2, 0) is 14.4 Å². The highest BCUT2D eigenvalue weighted by Crippen LogP contribution is 2.54. The fraction of sp³-hybridized carbons (Fsp3) is 0.172. The maximum Gasteiger partial charge on any atom is 0.305 e. The van der Waals surface area contributed by atoms with Crippen LogP contribution < -0.4 is 19.8 Å². The number of aromatic nitrogens is 1. The van der Waals surface area contributed by atoms with Gasteiger partial charge < -0.3 is 15.0 Å². The molecule has 3 atom stereocenters. The van der Waals surface area contributed by atoms with Crippen LogP contribution in [0.15, 0.2) is 81.0 Å². The Hall–Kier alpha value is -3.74. The molecule has 2 aliphatic rings. The van der Waals surface area contributed by atoms with Crippen molar-refractivity contribution in [3.05, 3.63) is 103 Å². The van der Waals surface area contributed by atoms with Gasteiger partial charge in [-0.05, 0) is 61.0 Å². The molecule has 208 valence electrons. The van der Waals surface area contributed by atoms with E-state index in [1.165, 1.54) is 24.3 Å². The van der Waals surface area contributed by atoms with E-state index in [0.717, 1.165) is 33.6 Å². The van der Waals surface area contributed by atoms with Gasteiger partial charge in [-0.3, -0.25) is 19.2 Å². The lowest BCUT2D eigenvalue weighted by atomic mass is 9.82. The average molecular weight is 655 g/mol. The van der Waals surface area contributed by atoms with Crippen LogP contribution in [0.1, 0.15) is 21.9 Å². The molecule has 3 amide bonds. The summed E-state index contributed by atoms with van der Waals surface area (Å²) in [6.07, 6.45) is 0. The number of carbonyl (C=O) groups excluding carboxylic acids is 3. The summed E-state index contributed by atoms with van der Waals surface area (Å²) in [6, 6.07) is 17.8. The summed E-state index contributed by atoms with van der Waals surface area (Å²) >= 11 is 5.61. The first kappa shape index (κ1) is 27.4. The van der Waals surface area contributed by atoms with E-state index < -0.39 is 34.7 Å². The van der Waals surface area contributed by atoms with Crippen molar-refractivity contribution >= 4 is 68.1 Å². The minimum Gasteiger partial charge on any atom is -0.483 e. The second-order valence-electron chi connectivity index (χ2n) is 9.57. The maximum absolute atomic E-state index is 13.9. The lowest BCUT2D eigenvalue weighted by molar-refractivity contribution is -0.122. The van der Waals surface area contributed by atoms with Crippen LogP contribution in [0.3, 0.4) is 0 Å². The van der Waals surface area contributed by atoms with Gasteiger partial charge in [-0.2, -0.15) is 0 Å². The molecule has 0 saturated carbocycles. The highest BCUT2D eigenvalue weighted by Gasteiger charge is 2.56. The molecule has 4 aromatic rings. The molecule has 0 radical (unpaired) electrons. The number of anilines is 2. The van der Waals surface area contributed by atoms with Gasteiger partial charge in [0.25, 0.3) is 5.91 Å². The van der Waals surface area contributed by atoms with Gasteiger partial charge in [0.2, 0.25) is 11.8 Å². The molecule has 0 aliphatic carbocycles. The van der Waals surface area contributed by atoms with Crippen molar-refractivity contribution in [1.29, 1.82) is 0 Å². The van der Waals surface area contributed by atoms with Crippen LogP contribution in [0.2, 0.25) is 0 Å². The molecule has 8 nitrogen and oxygen atoms in total. The zero-order valence-corrected chi connectivity index (χ0v) is 24.6. The Labute approximate surface area is 250 Å². The van der Waals surface area contributed by atoms with E-state index in [1.807, 2.05) is 25.1 Å². The first-order chi connectivity index (χ1) is 19.7. The smallest absolute Gasteiger partial charge is 0.305 e. The number of ether oxygens (including phenoxy) is 1. The van der Waals surface area contributed by atoms with Gasteiger partial charge in [-0.1, -0.05) is 57.2 Å². The number of thioether (sulfide) groups is 1. The first-order valence-electron chi connectivity index (χ1n) is 12.5. The molecule has 3 heterocycles. The molecule has 0 unspecified atom stereocenters. The van der Waals surface area contributed by atoms with E-state index in [1.54, 1.807) is 24.3 Å². The molecule has 1 aromatic heterocycles. The van der Waals surface area contributed by atoms with Gasteiger partial charge in [0.1, 0.15) is 16.8 Å². The molecule has 2 N–H and O–H groups in total. The molecule has 1 saturated heterocycles. The number of benzene rings is 3. The zero-order valence-electron chi connectivity index (χ0n) is 21.4. The third-order valence-corrected chi connectivity index (χ3v) is 9.89. The van der Waals surface area contributed by atoms with Crippen molar-refractivity contribution in [2.75, 3.05) is 16.8 Å². The molecule has 12 heteroatoms. The number of H-pyrrole nitrogens is 1. The number of thiazole rings is 1. The van der Waals surface area contributed by atoms with Gasteiger partial charge in [0, 0.05) is 26.5 Å². The third-order valence-electron chi connectivity index (χ3n) is 6.99. The summed E-state index contributed by atoms with van der Waals surface area (Å²) in [4.78, 5) is 56.9. The Morgan fingerprint density at radius 1 is 1.07 bits per heavy atom. The molecule has 0 bridgehead atoms. The monoisotopic (exact) mass is 653 g/mol. The Balaban J connectivity index is 1.37. The van der Waals surface area contributed by atoms with E-state index in [4.69, 9.17) is 4.74 Å². The number of hydrogen-bond acceptors (Lipinski definition) is 7. The van der Waals surface area contributed by atoms with Gasteiger partial charge in [0.15, 0.2) is 6.61 Å². The second-order valence-corrected chi connectivity index (χ2v) is 12.7. The minimum absolute atomic E-state index is 0.269. The topological polar surface area (TPSA) is 109 Å². The summed E-state index contributed by atoms with van der Waals surface area (Å²) in [5.41, 5.74) is 2.39. The molecule has 2 aliphatic heterocycles. The molecule has 41 heavy (non-hydrogen) atoms. The van der Waals surface area contributed by atoms with E-state index in [2.05, 4.69) is 26.2 Å². The number of carbonyl (C=O) groups is 3. The highest BCUT2D eigenvalue weighted by molar-refractivity contribution is 9.10. The van der Waals surface area contributed by atoms with Gasteiger partial charge in [0.05, 0.1) is 16.6 Å². The summed E-state index contributed by atoms with van der Waals surface area (Å²) in [6.45, 7) is 1.58. The Morgan fingerprint density at radius 2 is 1.83 bits per heavy atom. The van der Waals surface area contributed by atoms with E-state index in [-0.39, 0.29) is 23.1 Å². The minimum atomic E-state index is -0.867. The van der Waals surface area contributed by atoms with Gasteiger partial charge >= 0.3 is 4.87 Å². The van der Waals surface area contributed by atoms with Gasteiger partial charge in [-0.25, -0.2) is 9.29 Å². The third kappa shape index (κ3) is 5.11. The predicted molar refractivity (Wildman–Crippen MR) is 158 cm³/mol. The van der Waals surface area contributed by atoms with Crippen LogP contribution >= 0.6 is 39.0 Å². The summed E-state index contributed by atoms with van der Waals surface area (Å²) in [5, 5.41) is 2.52. The Bertz CT molecular complexity index is 1760. The fourth-order valence-corrected chi connectivity index (χ4v) is 8.02. The normalized spacial score (nSPS) is 19.6. The number of aryl methyl sites for hydroxylation is 1. The number of rotatable bonds is 6. The second kappa shape index (κ2) is 10.9. The molecule has 3 aromatic carbocycles. The molecule has 6 rings (SSSR count). The maximum atomic E-state index is 13.9. The number of fused-ring (bicyclic) bond motifs is 2. The Kier molecular flexibility index (Phi) is 7.30. The largest absolute Gasteiger partial charge is 0.483 e. The van der Waals surface area contributed by atoms with Crippen LogP contribution in [0, 0.1) is 18.7 Å². The SMILES string of the molecule is Cc1ccccc1NC(=O)COc1ccc(Br)cc1[C@@H]1c2sc(=O)[nH]c2S[C@H]2C(=O)N(c3ccc(F)cc3)C(=O)[C@@H]12. The van der Waals surface area contributed by atoms with E-state index >= 15 is 0 Å². The number of hydrogen-bond donors (Lipinski definition) is 2. The summed E-state index contributed by atoms with van der Waals surface area (Å²) < 4.78 is 20.3. The highest BCUT2D eigenvalue weighted by atomic mass is 79.9. The number of nitrogens with zero attached hydrogens (tertiary/aromatic N) is 1. The zero-order chi connectivity index (χ0) is 28.8. The lowest BCUT2D eigenvalue weighted by Crippen LogP contribution is -2.32. The number of aromatic amines is 1. The number of para-hydroxylation sites is 1. The van der Waals surface area contributed by atoms with E-state index in [9.17, 15) is 23.6 Å². The van der Waals surface area contributed by atoms with Crippen LogP contribution in [0.5, 0.6) is 5.75 Å². The molecule has 0 spiro atoms. The summed E-state index contributed by atoms with van der Waals surface area (Å²) in [7, 11) is 0. The van der Waals surface area contributed by atoms with Gasteiger partial charge in [-0.15, -0.1) is 0 Å². The fourth-order valence-electron chi connectivity index (χ4n) is 5.13. The average Bonchev–Trinajstić information content (AvgIpc) is 3.44. The lowest BCUT2D eigenvalue weighted by Gasteiger charge is -2.31. The Morgan fingerprint density at radius 3 is 2.59 bits per heavy atom. The van der Waals surface area contributed by atoms with Crippen molar-refractivity contribution in [1.82, 2.24) is 4.98 Å². The number of imide groups is 1. The van der Waals surface area contributed by atoms with E-state index in [0.29, 0.717) is 31.4 Å². The van der Waals surface area contributed by atoms with Crippen molar-refractivity contribution in [3.8, 4) is 5.75 Å². The standard InChI is InChI=1S/C29H21BrFN3O5S2/c1-14-4-2-3-5-19(14)32-21(35)13-39-20-11-6-15(30)12-18(20)22-23-25(40-26-24(22)41-29(38)33-26)28(37)34(27(23)36)17-9-7-16(31)8-10-17/h2-12,22-23,25H,13H2,1H3,(H,32,35)(H,33,38)/t22-,23-,25+/m0/s1. The summed E-state index contributed by atoms with van der Waals surface area (Å²) in [5.74, 6) is -3.00. The van der Waals surface area contributed by atoms with Crippen LogP contribution in [0.4, 0.5) is 15.8 Å². The van der Waals surface area contributed by atoms with Crippen molar-refractivity contribution in [3.63, 3.8) is 0 Å². The molecule has 1 fully saturated rings. The number of nitrogens with one attached hydrogen (secondary N) is 2. The molecular weight excluding hydrogens is 633 g/mol. The van der Waals surface area contributed by atoms with Crippen LogP contribution in [0.25, 0.3) is 0 Å². The van der Waals surface area contributed by atoms with Crippen molar-refractivity contribution < 1.29 is 23.5 Å². The van der Waals surface area contributed by atoms with Crippen molar-refractivity contribution in [2.24, 2.45) is 5.92 Å². The van der Waals surface area contributed by atoms with Crippen LogP contribution in [-0.4, -0.2) is 34.6 Å². The molecular formula is C29H21BrFN3O5S2.